The number of nitrogens with one attached hydrogen (secondary N) is 2. The molecule has 1 aromatic rings. The van der Waals surface area contributed by atoms with Gasteiger partial charge < -0.3 is 15.4 Å². The second-order valence-corrected chi connectivity index (χ2v) is 5.35. The number of rotatable bonds is 9. The monoisotopic (exact) mass is 279 g/mol. The van der Waals surface area contributed by atoms with Gasteiger partial charge in [-0.2, -0.15) is 15.0 Å². The Morgan fingerprint density at radius 3 is 2.60 bits per heavy atom. The number of ether oxygens (including phenoxy) is 1. The van der Waals surface area contributed by atoms with Gasteiger partial charge in [-0.3, -0.25) is 0 Å². The molecule has 1 aliphatic rings. The lowest BCUT2D eigenvalue weighted by Crippen LogP contribution is -2.19. The van der Waals surface area contributed by atoms with E-state index in [1.165, 1.54) is 19.3 Å². The lowest BCUT2D eigenvalue weighted by atomic mass is 10.2. The van der Waals surface area contributed by atoms with E-state index in [0.29, 0.717) is 30.6 Å². The first-order valence-corrected chi connectivity index (χ1v) is 7.60. The first-order valence-electron chi connectivity index (χ1n) is 7.60. The largest absolute Gasteiger partial charge is 0.464 e. The second-order valence-electron chi connectivity index (χ2n) is 5.35. The van der Waals surface area contributed by atoms with E-state index in [1.807, 2.05) is 6.92 Å². The maximum atomic E-state index is 5.40. The van der Waals surface area contributed by atoms with Gasteiger partial charge in [-0.05, 0) is 32.6 Å². The average Bonchev–Trinajstić information content (AvgIpc) is 3.20. The second kappa shape index (κ2) is 7.26. The highest BCUT2D eigenvalue weighted by molar-refractivity contribution is 5.36. The number of hydrogen-bond donors (Lipinski definition) is 2. The Balaban J connectivity index is 2.01. The Bertz CT molecular complexity index is 422. The van der Waals surface area contributed by atoms with Crippen molar-refractivity contribution in [2.75, 3.05) is 23.8 Å². The molecule has 0 amide bonds. The number of nitrogens with zero attached hydrogens (tertiary/aromatic N) is 3. The van der Waals surface area contributed by atoms with E-state index < -0.39 is 0 Å². The van der Waals surface area contributed by atoms with Crippen molar-refractivity contribution in [3.05, 3.63) is 0 Å². The molecule has 0 aromatic carbocycles. The molecule has 1 aromatic heterocycles. The molecule has 0 radical (unpaired) electrons. The summed E-state index contributed by atoms with van der Waals surface area (Å²) < 4.78 is 5.40. The van der Waals surface area contributed by atoms with Crippen molar-refractivity contribution >= 4 is 11.9 Å². The summed E-state index contributed by atoms with van der Waals surface area (Å²) in [6, 6.07) is 0.751. The van der Waals surface area contributed by atoms with Gasteiger partial charge in [0.05, 0.1) is 6.61 Å². The van der Waals surface area contributed by atoms with Crippen LogP contribution >= 0.6 is 0 Å². The third-order valence-corrected chi connectivity index (χ3v) is 3.18. The van der Waals surface area contributed by atoms with E-state index in [0.717, 1.165) is 18.9 Å². The van der Waals surface area contributed by atoms with Gasteiger partial charge in [-0.25, -0.2) is 0 Å². The van der Waals surface area contributed by atoms with Gasteiger partial charge >= 0.3 is 6.01 Å². The first-order chi connectivity index (χ1) is 9.71. The SMILES string of the molecule is CCCNc1nc(NC(C)CC2CC2)nc(OCC)n1. The highest BCUT2D eigenvalue weighted by atomic mass is 16.5. The quantitative estimate of drug-likeness (QED) is 0.724. The van der Waals surface area contributed by atoms with Crippen LogP contribution in [0.3, 0.4) is 0 Å². The average molecular weight is 279 g/mol. The normalized spacial score (nSPS) is 15.8. The predicted molar refractivity (Wildman–Crippen MR) is 80.2 cm³/mol. The van der Waals surface area contributed by atoms with E-state index in [-0.39, 0.29) is 0 Å². The zero-order valence-corrected chi connectivity index (χ0v) is 12.6. The van der Waals surface area contributed by atoms with Crippen molar-refractivity contribution < 1.29 is 4.74 Å². The summed E-state index contributed by atoms with van der Waals surface area (Å²) in [4.78, 5) is 12.9. The fourth-order valence-electron chi connectivity index (χ4n) is 2.06. The molecular formula is C14H25N5O. The van der Waals surface area contributed by atoms with Crippen LogP contribution in [0.15, 0.2) is 0 Å². The van der Waals surface area contributed by atoms with E-state index in [9.17, 15) is 0 Å². The maximum absolute atomic E-state index is 5.40. The van der Waals surface area contributed by atoms with Crippen LogP contribution < -0.4 is 15.4 Å². The molecule has 0 aliphatic heterocycles. The van der Waals surface area contributed by atoms with E-state index in [2.05, 4.69) is 39.4 Å². The summed E-state index contributed by atoms with van der Waals surface area (Å²) in [7, 11) is 0. The molecule has 20 heavy (non-hydrogen) atoms. The molecule has 1 saturated carbocycles. The molecule has 0 spiro atoms. The Morgan fingerprint density at radius 2 is 1.95 bits per heavy atom. The molecule has 1 atom stereocenters. The Labute approximate surface area is 120 Å². The fourth-order valence-corrected chi connectivity index (χ4v) is 2.06. The molecule has 1 heterocycles. The molecule has 6 heteroatoms. The smallest absolute Gasteiger partial charge is 0.323 e. The van der Waals surface area contributed by atoms with Crippen molar-refractivity contribution in [1.82, 2.24) is 15.0 Å². The van der Waals surface area contributed by atoms with Crippen molar-refractivity contribution in [3.8, 4) is 6.01 Å². The molecule has 1 aliphatic carbocycles. The van der Waals surface area contributed by atoms with Crippen LogP contribution in [0, 0.1) is 5.92 Å². The third-order valence-electron chi connectivity index (χ3n) is 3.18. The Kier molecular flexibility index (Phi) is 5.38. The molecule has 1 unspecified atom stereocenters. The van der Waals surface area contributed by atoms with E-state index >= 15 is 0 Å². The van der Waals surface area contributed by atoms with Crippen LogP contribution in [-0.4, -0.2) is 34.1 Å². The van der Waals surface area contributed by atoms with Gasteiger partial charge in [0, 0.05) is 12.6 Å². The number of hydrogen-bond acceptors (Lipinski definition) is 6. The van der Waals surface area contributed by atoms with Gasteiger partial charge in [0.15, 0.2) is 0 Å². The predicted octanol–water partition coefficient (Wildman–Crippen LogP) is 2.69. The molecule has 2 rings (SSSR count). The maximum Gasteiger partial charge on any atom is 0.323 e. The van der Waals surface area contributed by atoms with Crippen LogP contribution in [0.5, 0.6) is 6.01 Å². The Hall–Kier alpha value is -1.59. The molecule has 1 fully saturated rings. The fraction of sp³-hybridized carbons (Fsp3) is 0.786. The zero-order chi connectivity index (χ0) is 14.4. The van der Waals surface area contributed by atoms with E-state index in [1.54, 1.807) is 0 Å². The molecule has 0 bridgehead atoms. The molecule has 2 N–H and O–H groups in total. The summed E-state index contributed by atoms with van der Waals surface area (Å²) in [5.41, 5.74) is 0. The van der Waals surface area contributed by atoms with Gasteiger partial charge in [0.2, 0.25) is 11.9 Å². The van der Waals surface area contributed by atoms with Crippen molar-refractivity contribution in [1.29, 1.82) is 0 Å². The Morgan fingerprint density at radius 1 is 1.20 bits per heavy atom. The summed E-state index contributed by atoms with van der Waals surface area (Å²) in [6.45, 7) is 7.59. The minimum absolute atomic E-state index is 0.374. The van der Waals surface area contributed by atoms with Crippen LogP contribution in [0.2, 0.25) is 0 Å². The molecule has 6 nitrogen and oxygen atoms in total. The summed E-state index contributed by atoms with van der Waals surface area (Å²) in [5.74, 6) is 2.05. The standard InChI is InChI=1S/C14H25N5O/c1-4-8-15-12-17-13(19-14(18-12)20-5-2)16-10(3)9-11-6-7-11/h10-11H,4-9H2,1-3H3,(H2,15,16,17,18,19). The summed E-state index contributed by atoms with van der Waals surface area (Å²) >= 11 is 0. The van der Waals surface area contributed by atoms with Crippen LogP contribution in [0.4, 0.5) is 11.9 Å². The molecule has 112 valence electrons. The van der Waals surface area contributed by atoms with Gasteiger partial charge in [-0.1, -0.05) is 19.8 Å². The van der Waals surface area contributed by atoms with Crippen molar-refractivity contribution in [2.24, 2.45) is 5.92 Å². The summed E-state index contributed by atoms with van der Waals surface area (Å²) in [5, 5.41) is 6.52. The van der Waals surface area contributed by atoms with Crippen molar-refractivity contribution in [2.45, 2.75) is 52.5 Å². The summed E-state index contributed by atoms with van der Waals surface area (Å²) in [6.07, 6.45) is 4.91. The van der Waals surface area contributed by atoms with E-state index in [4.69, 9.17) is 4.74 Å². The molecular weight excluding hydrogens is 254 g/mol. The van der Waals surface area contributed by atoms with Gasteiger partial charge in [0.25, 0.3) is 0 Å². The van der Waals surface area contributed by atoms with Crippen LogP contribution in [0.1, 0.15) is 46.5 Å². The lowest BCUT2D eigenvalue weighted by molar-refractivity contribution is 0.312. The third kappa shape index (κ3) is 4.83. The minimum atomic E-state index is 0.374. The lowest BCUT2D eigenvalue weighted by Gasteiger charge is -2.14. The van der Waals surface area contributed by atoms with Crippen LogP contribution in [-0.2, 0) is 0 Å². The number of aromatic nitrogens is 3. The van der Waals surface area contributed by atoms with Gasteiger partial charge in [0.1, 0.15) is 0 Å². The number of anilines is 2. The highest BCUT2D eigenvalue weighted by Crippen LogP contribution is 2.33. The first kappa shape index (κ1) is 14.8. The minimum Gasteiger partial charge on any atom is -0.464 e. The molecule has 0 saturated heterocycles. The van der Waals surface area contributed by atoms with Crippen molar-refractivity contribution in [3.63, 3.8) is 0 Å². The highest BCUT2D eigenvalue weighted by Gasteiger charge is 2.24. The van der Waals surface area contributed by atoms with Crippen LogP contribution in [0.25, 0.3) is 0 Å². The van der Waals surface area contributed by atoms with Gasteiger partial charge in [-0.15, -0.1) is 0 Å². The topological polar surface area (TPSA) is 72.0 Å². The zero-order valence-electron chi connectivity index (χ0n) is 12.6.